The Balaban J connectivity index is 0.000000127. The number of rotatable bonds is 23. The topological polar surface area (TPSA) is 342 Å². The highest BCUT2D eigenvalue weighted by Gasteiger charge is 2.29. The van der Waals surface area contributed by atoms with E-state index < -0.39 is 0 Å². The van der Waals surface area contributed by atoms with Gasteiger partial charge in [-0.3, -0.25) is 47.9 Å². The fourth-order valence-corrected chi connectivity index (χ4v) is 16.0. The largest absolute Gasteiger partial charge is 0.438 e. The maximum Gasteiger partial charge on any atom is 0.255 e. The van der Waals surface area contributed by atoms with Gasteiger partial charge >= 0.3 is 0 Å². The van der Waals surface area contributed by atoms with Gasteiger partial charge in [0.25, 0.3) is 5.91 Å². The number of anilines is 3. The van der Waals surface area contributed by atoms with Crippen LogP contribution in [0.5, 0.6) is 46.5 Å². The predicted molar refractivity (Wildman–Crippen MR) is 529 cm³/mol. The quantitative estimate of drug-likeness (QED) is 0.0581. The summed E-state index contributed by atoms with van der Waals surface area (Å²) in [5.41, 5.74) is 18.2. The van der Waals surface area contributed by atoms with Crippen molar-refractivity contribution in [1.82, 2.24) is 89.0 Å². The molecule has 2 aliphatic rings. The van der Waals surface area contributed by atoms with Crippen LogP contribution < -0.4 is 34.1 Å². The lowest BCUT2D eigenvalue weighted by Crippen LogP contribution is -2.46. The molecule has 1 N–H and O–H groups in total. The molecule has 8 aromatic carbocycles. The average Bonchev–Trinajstić information content (AvgIpc) is 1.65. The molecule has 0 radical (unpaired) electrons. The summed E-state index contributed by atoms with van der Waals surface area (Å²) in [6, 6.07) is 61.0. The fourth-order valence-electron chi connectivity index (χ4n) is 16.0. The number of carbonyl (C=O) groups is 4. The van der Waals surface area contributed by atoms with E-state index in [1.165, 1.54) is 0 Å². The van der Waals surface area contributed by atoms with Crippen LogP contribution in [-0.2, 0) is 56.9 Å². The normalized spacial score (nSPS) is 13.5. The minimum Gasteiger partial charge on any atom is -0.438 e. The molecule has 0 saturated carbocycles. The lowest BCUT2D eigenvalue weighted by atomic mass is 10.0. The van der Waals surface area contributed by atoms with Gasteiger partial charge in [-0.25, -0.2) is 9.97 Å². The van der Waals surface area contributed by atoms with Gasteiger partial charge in [0.05, 0.1) is 50.2 Å². The number of hydrogen-bond acceptors (Lipinski definition) is 26. The van der Waals surface area contributed by atoms with Crippen molar-refractivity contribution in [1.29, 1.82) is 0 Å². The van der Waals surface area contributed by atoms with Gasteiger partial charge in [-0.05, 0) is 199 Å². The first-order valence-corrected chi connectivity index (χ1v) is 45.3. The summed E-state index contributed by atoms with van der Waals surface area (Å²) in [5, 5.41) is 23.1. The molecule has 2 unspecified atom stereocenters. The maximum atomic E-state index is 12.9. The number of morpholine rings is 2. The number of carbonyl (C=O) groups excluding carboxylic acids is 4. The third kappa shape index (κ3) is 22.1. The molecule has 12 heterocycles. The Bertz CT molecular complexity index is 7570. The van der Waals surface area contributed by atoms with Crippen LogP contribution in [0.4, 0.5) is 17.6 Å². The highest BCUT2D eigenvalue weighted by Crippen LogP contribution is 2.39. The Morgan fingerprint density at radius 3 is 1.09 bits per heavy atom. The number of fused-ring (bicyclic) bond motifs is 4. The molecule has 0 bridgehead atoms. The summed E-state index contributed by atoms with van der Waals surface area (Å²) >= 11 is 0. The van der Waals surface area contributed by atoms with Crippen molar-refractivity contribution in [3.8, 4) is 69.3 Å². The molecule has 10 aromatic heterocycles. The zero-order valence-electron chi connectivity index (χ0n) is 79.1. The van der Waals surface area contributed by atoms with E-state index in [4.69, 9.17) is 48.4 Å². The van der Waals surface area contributed by atoms with E-state index >= 15 is 0 Å². The van der Waals surface area contributed by atoms with Gasteiger partial charge in [0.1, 0.15) is 44.5 Å². The molecule has 20 rings (SSSR count). The number of ketones is 3. The van der Waals surface area contributed by atoms with Gasteiger partial charge in [-0.2, -0.15) is 50.3 Å². The maximum absolute atomic E-state index is 12.9. The molecule has 0 spiro atoms. The van der Waals surface area contributed by atoms with Crippen LogP contribution in [-0.4, -0.2) is 164 Å². The molecule has 2 aliphatic heterocycles. The van der Waals surface area contributed by atoms with Crippen molar-refractivity contribution in [3.63, 3.8) is 0 Å². The van der Waals surface area contributed by atoms with Crippen LogP contribution in [0.25, 0.3) is 66.9 Å². The lowest BCUT2D eigenvalue weighted by Gasteiger charge is -2.35. The first kappa shape index (κ1) is 93.3. The number of pyridine rings is 2. The molecule has 696 valence electrons. The molecule has 2 atom stereocenters. The third-order valence-electron chi connectivity index (χ3n) is 23.5. The highest BCUT2D eigenvalue weighted by molar-refractivity contribution is 6.05. The summed E-state index contributed by atoms with van der Waals surface area (Å²) in [6.45, 7) is 24.0. The molecule has 138 heavy (non-hydrogen) atoms. The van der Waals surface area contributed by atoms with E-state index in [9.17, 15) is 19.2 Å². The summed E-state index contributed by atoms with van der Waals surface area (Å²) < 4.78 is 43.5. The van der Waals surface area contributed by atoms with E-state index in [1.807, 2.05) is 266 Å². The lowest BCUT2D eigenvalue weighted by molar-refractivity contribution is -0.00574. The van der Waals surface area contributed by atoms with Crippen LogP contribution in [0.2, 0.25) is 0 Å². The van der Waals surface area contributed by atoms with Crippen LogP contribution in [0, 0.1) is 55.4 Å². The molecule has 2 fully saturated rings. The molecule has 31 nitrogen and oxygen atoms in total. The summed E-state index contributed by atoms with van der Waals surface area (Å²) in [4.78, 5) is 102. The molecule has 18 aromatic rings. The molecule has 0 aliphatic carbocycles. The SMILES string of the molecule is Cc1cccc(C(=O)Cc2ccc(C)c(Oc3nc(-c4cccnc4)nc4c3cnn4C)c2)c1.Cc1cccc(C(=O)Cc2ccc(C)c(Oc3nc(N4CC(C)OC(C)C4)nc4c3cnn4C)c2)c1.Cc1cccc(C(=O)Cc2ccc(C)c(Oc3nc(N4CCOCC4)nc4c3cnn4C)c2)c1.Cc1cccc(NC(=O)c2ccc(C)c(Oc3nc(-c4cccnc4)nc4c3cnn4C)c2)c1. The monoisotopic (exact) mass is 1840 g/mol. The third-order valence-corrected chi connectivity index (χ3v) is 23.5. The molecular weight excluding hydrogens is 1740 g/mol. The Hall–Kier alpha value is -16.5. The first-order valence-electron chi connectivity index (χ1n) is 45.3. The summed E-state index contributed by atoms with van der Waals surface area (Å²) in [5.74, 6) is 6.28. The average molecular weight is 1840 g/mol. The van der Waals surface area contributed by atoms with Gasteiger partial charge in [-0.1, -0.05) is 126 Å². The fraction of sp³-hybridized carbons (Fsp3) is 0.234. The Morgan fingerprint density at radius 1 is 0.362 bits per heavy atom. The minimum atomic E-state index is -0.222. The predicted octanol–water partition coefficient (Wildman–Crippen LogP) is 19.2. The van der Waals surface area contributed by atoms with E-state index in [2.05, 4.69) is 79.3 Å². The Morgan fingerprint density at radius 2 is 0.717 bits per heavy atom. The van der Waals surface area contributed by atoms with Crippen LogP contribution >= 0.6 is 0 Å². The number of Topliss-reactive ketones (excluding diaryl/α,β-unsaturated/α-hetero) is 3. The number of aromatic nitrogens is 18. The van der Waals surface area contributed by atoms with Gasteiger partial charge in [0, 0.05) is 137 Å². The number of benzene rings is 8. The van der Waals surface area contributed by atoms with Gasteiger partial charge in [0.2, 0.25) is 35.4 Å². The van der Waals surface area contributed by atoms with Crippen LogP contribution in [0.1, 0.15) is 116 Å². The van der Waals surface area contributed by atoms with E-state index in [0.717, 1.165) is 102 Å². The van der Waals surface area contributed by atoms with Gasteiger partial charge in [-0.15, -0.1) is 0 Å². The van der Waals surface area contributed by atoms with Crippen molar-refractivity contribution >= 4 is 85.0 Å². The second-order valence-electron chi connectivity index (χ2n) is 34.5. The highest BCUT2D eigenvalue weighted by atomic mass is 16.5. The molecular formula is C107H103N21O10. The summed E-state index contributed by atoms with van der Waals surface area (Å²) in [6.07, 6.45) is 14.6. The summed E-state index contributed by atoms with van der Waals surface area (Å²) in [7, 11) is 7.35. The Kier molecular flexibility index (Phi) is 28.1. The van der Waals surface area contributed by atoms with Crippen LogP contribution in [0.3, 0.4) is 0 Å². The van der Waals surface area contributed by atoms with Crippen molar-refractivity contribution in [2.75, 3.05) is 54.5 Å². The first-order chi connectivity index (χ1) is 66.7. The van der Waals surface area contributed by atoms with Gasteiger partial charge < -0.3 is 43.5 Å². The standard InChI is InChI=1S/C28H31N5O3.C27H23N5O2.C26H22N6O2.C26H27N5O3/c1-17-7-6-8-22(11-17)24(34)12-21-10-9-18(2)25(13-21)36-27-23-14-29-32(5)26(23)30-28(31-27)33-15-19(3)35-20(4)16-33;1-17-6-4-7-20(12-17)23(33)13-19-10-9-18(2)24(14-19)34-27-22-16-29-32(3)26(22)30-25(31-27)21-8-5-11-28-15-21;1-16-6-4-8-20(12-16)29-25(33)18-10-9-17(2)22(13-18)34-26-21-15-28-32(3)24(21)30-23(31-26)19-7-5-11-27-14-19;1-17-5-4-6-20(13-17)22(32)14-19-8-7-18(2)23(15-19)34-25-21-16-27-30(3)24(21)28-26(29-25)31-9-11-33-12-10-31/h6-11,13-14,19-20H,12,15-16H2,1-5H3;4-12,14-16H,13H2,1-3H3;4-15H,1-3H3,(H,29,33);4-8,13,15-16H,9-12,14H2,1-3H3. The van der Waals surface area contributed by atoms with Crippen LogP contribution in [0.15, 0.2) is 244 Å². The van der Waals surface area contributed by atoms with E-state index in [1.54, 1.807) is 80.4 Å². The zero-order chi connectivity index (χ0) is 96.4. The number of aryl methyl sites for hydroxylation is 12. The van der Waals surface area contributed by atoms with E-state index in [-0.39, 0.29) is 41.9 Å². The Labute approximate surface area is 797 Å². The number of ether oxygens (including phenoxy) is 6. The minimum absolute atomic E-state index is 0.0639. The number of amides is 1. The van der Waals surface area contributed by atoms with Gasteiger partial charge in [0.15, 0.2) is 51.6 Å². The smallest absolute Gasteiger partial charge is 0.255 e. The van der Waals surface area contributed by atoms with Crippen molar-refractivity contribution in [3.05, 3.63) is 327 Å². The molecule has 1 amide bonds. The molecule has 31 heteroatoms. The zero-order valence-corrected chi connectivity index (χ0v) is 79.1. The molecule has 2 saturated heterocycles. The number of nitrogens with one attached hydrogen (secondary N) is 1. The second kappa shape index (κ2) is 41.5. The van der Waals surface area contributed by atoms with Crippen molar-refractivity contribution in [2.24, 2.45) is 28.2 Å². The number of nitrogens with zero attached hydrogens (tertiary/aromatic N) is 20. The van der Waals surface area contributed by atoms with Crippen molar-refractivity contribution < 1.29 is 47.6 Å². The second-order valence-corrected chi connectivity index (χ2v) is 34.5. The van der Waals surface area contributed by atoms with E-state index in [0.29, 0.717) is 165 Å². The number of hydrogen-bond donors (Lipinski definition) is 1. The van der Waals surface area contributed by atoms with Crippen molar-refractivity contribution in [2.45, 2.75) is 101 Å².